The molecule has 16 heavy (non-hydrogen) atoms. The third-order valence-corrected chi connectivity index (χ3v) is 2.93. The zero-order valence-electron chi connectivity index (χ0n) is 9.24. The van der Waals surface area contributed by atoms with Gasteiger partial charge in [-0.25, -0.2) is 4.39 Å². The Bertz CT molecular complexity index is 419. The molecule has 1 fully saturated rings. The Kier molecular flexibility index (Phi) is 2.92. The SMILES string of the molecule is Cc1cc(F)ccc1C(=O)N1CCC(N)C1. The number of carbonyl (C=O) groups excluding carboxylic acids is 1. The van der Waals surface area contributed by atoms with E-state index < -0.39 is 0 Å². The third kappa shape index (κ3) is 2.07. The quantitative estimate of drug-likeness (QED) is 0.778. The molecule has 0 spiro atoms. The number of hydrogen-bond acceptors (Lipinski definition) is 2. The minimum Gasteiger partial charge on any atom is -0.337 e. The number of nitrogens with two attached hydrogens (primary N) is 1. The fraction of sp³-hybridized carbons (Fsp3) is 0.417. The lowest BCUT2D eigenvalue weighted by atomic mass is 10.1. The second kappa shape index (κ2) is 4.22. The van der Waals surface area contributed by atoms with Gasteiger partial charge >= 0.3 is 0 Å². The molecular formula is C12H15FN2O. The summed E-state index contributed by atoms with van der Waals surface area (Å²) in [6.45, 7) is 3.03. The van der Waals surface area contributed by atoms with Crippen molar-refractivity contribution in [3.05, 3.63) is 35.1 Å². The number of rotatable bonds is 1. The normalized spacial score (nSPS) is 20.2. The van der Waals surface area contributed by atoms with Crippen LogP contribution in [-0.2, 0) is 0 Å². The first-order chi connectivity index (χ1) is 7.58. The van der Waals surface area contributed by atoms with Crippen LogP contribution < -0.4 is 5.73 Å². The predicted octanol–water partition coefficient (Wildman–Crippen LogP) is 1.31. The average molecular weight is 222 g/mol. The van der Waals surface area contributed by atoms with Gasteiger partial charge in [-0.05, 0) is 37.1 Å². The van der Waals surface area contributed by atoms with Crippen molar-refractivity contribution in [1.29, 1.82) is 0 Å². The highest BCUT2D eigenvalue weighted by molar-refractivity contribution is 5.95. The fourth-order valence-electron chi connectivity index (χ4n) is 2.01. The summed E-state index contributed by atoms with van der Waals surface area (Å²) >= 11 is 0. The number of aryl methyl sites for hydroxylation is 1. The summed E-state index contributed by atoms with van der Waals surface area (Å²) in [5.41, 5.74) is 6.99. The van der Waals surface area contributed by atoms with E-state index in [2.05, 4.69) is 0 Å². The van der Waals surface area contributed by atoms with Crippen molar-refractivity contribution in [1.82, 2.24) is 4.90 Å². The Balaban J connectivity index is 2.21. The van der Waals surface area contributed by atoms with Gasteiger partial charge in [0.25, 0.3) is 5.91 Å². The molecule has 0 bridgehead atoms. The maximum atomic E-state index is 12.9. The van der Waals surface area contributed by atoms with Crippen LogP contribution in [-0.4, -0.2) is 29.9 Å². The summed E-state index contributed by atoms with van der Waals surface area (Å²) in [6, 6.07) is 4.31. The van der Waals surface area contributed by atoms with E-state index in [1.54, 1.807) is 11.8 Å². The first-order valence-corrected chi connectivity index (χ1v) is 5.39. The van der Waals surface area contributed by atoms with Crippen LogP contribution in [0.5, 0.6) is 0 Å². The molecular weight excluding hydrogens is 207 g/mol. The number of nitrogens with zero attached hydrogens (tertiary/aromatic N) is 1. The van der Waals surface area contributed by atoms with Gasteiger partial charge < -0.3 is 10.6 Å². The summed E-state index contributed by atoms with van der Waals surface area (Å²) in [6.07, 6.45) is 0.839. The fourth-order valence-corrected chi connectivity index (χ4v) is 2.01. The van der Waals surface area contributed by atoms with Crippen molar-refractivity contribution in [2.45, 2.75) is 19.4 Å². The van der Waals surface area contributed by atoms with Crippen molar-refractivity contribution in [2.24, 2.45) is 5.73 Å². The maximum absolute atomic E-state index is 12.9. The molecule has 0 radical (unpaired) electrons. The smallest absolute Gasteiger partial charge is 0.254 e. The van der Waals surface area contributed by atoms with Gasteiger partial charge in [0.05, 0.1) is 0 Å². The Morgan fingerprint density at radius 1 is 1.56 bits per heavy atom. The van der Waals surface area contributed by atoms with Gasteiger partial charge in [-0.1, -0.05) is 0 Å². The highest BCUT2D eigenvalue weighted by Gasteiger charge is 2.25. The average Bonchev–Trinajstić information content (AvgIpc) is 2.64. The molecule has 1 aromatic carbocycles. The molecule has 1 unspecified atom stereocenters. The van der Waals surface area contributed by atoms with Crippen LogP contribution in [0.4, 0.5) is 4.39 Å². The van der Waals surface area contributed by atoms with E-state index in [1.807, 2.05) is 0 Å². The summed E-state index contributed by atoms with van der Waals surface area (Å²) in [7, 11) is 0. The largest absolute Gasteiger partial charge is 0.337 e. The number of benzene rings is 1. The molecule has 4 heteroatoms. The summed E-state index contributed by atoms with van der Waals surface area (Å²) in [4.78, 5) is 13.8. The molecule has 2 rings (SSSR count). The first kappa shape index (κ1) is 11.1. The minimum absolute atomic E-state index is 0.0505. The molecule has 0 aromatic heterocycles. The Labute approximate surface area is 94.0 Å². The van der Waals surface area contributed by atoms with Crippen molar-refractivity contribution in [3.8, 4) is 0 Å². The molecule has 1 atom stereocenters. The van der Waals surface area contributed by atoms with Crippen LogP contribution >= 0.6 is 0 Å². The molecule has 1 amide bonds. The lowest BCUT2D eigenvalue weighted by Crippen LogP contribution is -2.32. The lowest BCUT2D eigenvalue weighted by Gasteiger charge is -2.17. The van der Waals surface area contributed by atoms with Crippen LogP contribution in [0.1, 0.15) is 22.3 Å². The van der Waals surface area contributed by atoms with Crippen molar-refractivity contribution in [2.75, 3.05) is 13.1 Å². The zero-order chi connectivity index (χ0) is 11.7. The van der Waals surface area contributed by atoms with E-state index in [0.29, 0.717) is 24.2 Å². The monoisotopic (exact) mass is 222 g/mol. The summed E-state index contributed by atoms with van der Waals surface area (Å²) in [5.74, 6) is -0.363. The van der Waals surface area contributed by atoms with E-state index in [-0.39, 0.29) is 17.8 Å². The van der Waals surface area contributed by atoms with Crippen LogP contribution in [0.2, 0.25) is 0 Å². The van der Waals surface area contributed by atoms with Crippen molar-refractivity contribution < 1.29 is 9.18 Å². The number of likely N-dealkylation sites (tertiary alicyclic amines) is 1. The third-order valence-electron chi connectivity index (χ3n) is 2.93. The topological polar surface area (TPSA) is 46.3 Å². The maximum Gasteiger partial charge on any atom is 0.254 e. The van der Waals surface area contributed by atoms with Crippen LogP contribution in [0.25, 0.3) is 0 Å². The van der Waals surface area contributed by atoms with Crippen LogP contribution in [0.3, 0.4) is 0 Å². The first-order valence-electron chi connectivity index (χ1n) is 5.39. The number of carbonyl (C=O) groups is 1. The van der Waals surface area contributed by atoms with E-state index in [4.69, 9.17) is 5.73 Å². The van der Waals surface area contributed by atoms with Gasteiger partial charge in [-0.15, -0.1) is 0 Å². The van der Waals surface area contributed by atoms with E-state index >= 15 is 0 Å². The molecule has 1 saturated heterocycles. The standard InChI is InChI=1S/C12H15FN2O/c1-8-6-9(13)2-3-11(8)12(16)15-5-4-10(14)7-15/h2-3,6,10H,4-5,7,14H2,1H3. The molecule has 0 saturated carbocycles. The summed E-state index contributed by atoms with van der Waals surface area (Å²) in [5, 5.41) is 0. The summed E-state index contributed by atoms with van der Waals surface area (Å²) < 4.78 is 12.9. The molecule has 1 aromatic rings. The molecule has 1 heterocycles. The molecule has 1 aliphatic rings. The van der Waals surface area contributed by atoms with Gasteiger partial charge in [-0.2, -0.15) is 0 Å². The van der Waals surface area contributed by atoms with Crippen molar-refractivity contribution >= 4 is 5.91 Å². The van der Waals surface area contributed by atoms with Crippen molar-refractivity contribution in [3.63, 3.8) is 0 Å². The highest BCUT2D eigenvalue weighted by atomic mass is 19.1. The van der Waals surface area contributed by atoms with Gasteiger partial charge in [-0.3, -0.25) is 4.79 Å². The van der Waals surface area contributed by atoms with Gasteiger partial charge in [0.15, 0.2) is 0 Å². The van der Waals surface area contributed by atoms with Gasteiger partial charge in [0.1, 0.15) is 5.82 Å². The zero-order valence-corrected chi connectivity index (χ0v) is 9.24. The molecule has 86 valence electrons. The Hall–Kier alpha value is -1.42. The highest BCUT2D eigenvalue weighted by Crippen LogP contribution is 2.16. The van der Waals surface area contributed by atoms with Gasteiger partial charge in [0.2, 0.25) is 0 Å². The molecule has 1 aliphatic heterocycles. The van der Waals surface area contributed by atoms with Crippen LogP contribution in [0, 0.1) is 12.7 Å². The van der Waals surface area contributed by atoms with E-state index in [0.717, 1.165) is 6.42 Å². The number of amides is 1. The minimum atomic E-state index is -0.313. The Morgan fingerprint density at radius 2 is 2.31 bits per heavy atom. The second-order valence-electron chi connectivity index (χ2n) is 4.26. The van der Waals surface area contributed by atoms with Gasteiger partial charge in [0, 0.05) is 24.7 Å². The van der Waals surface area contributed by atoms with E-state index in [1.165, 1.54) is 18.2 Å². The van der Waals surface area contributed by atoms with E-state index in [9.17, 15) is 9.18 Å². The Morgan fingerprint density at radius 3 is 2.88 bits per heavy atom. The number of hydrogen-bond donors (Lipinski definition) is 1. The lowest BCUT2D eigenvalue weighted by molar-refractivity contribution is 0.0790. The molecule has 3 nitrogen and oxygen atoms in total. The molecule has 0 aliphatic carbocycles. The molecule has 2 N–H and O–H groups in total. The predicted molar refractivity (Wildman–Crippen MR) is 59.6 cm³/mol. The second-order valence-corrected chi connectivity index (χ2v) is 4.26. The number of halogens is 1. The van der Waals surface area contributed by atoms with Crippen LogP contribution in [0.15, 0.2) is 18.2 Å².